The first-order valence-corrected chi connectivity index (χ1v) is 7.66. The van der Waals surface area contributed by atoms with Gasteiger partial charge in [0.25, 0.3) is 0 Å². The molecular weight excluding hydrogens is 319 g/mol. The van der Waals surface area contributed by atoms with Gasteiger partial charge >= 0.3 is 12.3 Å². The van der Waals surface area contributed by atoms with Crippen molar-refractivity contribution in [3.8, 4) is 0 Å². The average Bonchev–Trinajstić information content (AvgIpc) is 2.96. The Morgan fingerprint density at radius 1 is 1.04 bits per heavy atom. The summed E-state index contributed by atoms with van der Waals surface area (Å²) in [6, 6.07) is 12.6. The summed E-state index contributed by atoms with van der Waals surface area (Å²) in [7, 11) is 0. The fraction of sp³-hybridized carbons (Fsp3) is 0.278. The molecule has 1 saturated heterocycles. The molecule has 0 aromatic heterocycles. The smallest absolute Gasteiger partial charge is 0.416 e. The standard InChI is InChI=1S/C18H14F3NO2/c19-18(20,21)13-7-5-11(6-8-13)14-9-12-3-1-2-4-15(12)22-16(14)10-24-17(22)23/h1-8,14,16H,9-10H2/t14-,16-/m1/s1. The number of hydrogen-bond acceptors (Lipinski definition) is 2. The van der Waals surface area contributed by atoms with Crippen LogP contribution in [-0.4, -0.2) is 18.7 Å². The molecule has 2 aromatic carbocycles. The summed E-state index contributed by atoms with van der Waals surface area (Å²) >= 11 is 0. The van der Waals surface area contributed by atoms with Crippen molar-refractivity contribution < 1.29 is 22.7 Å². The van der Waals surface area contributed by atoms with Crippen LogP contribution in [0.4, 0.5) is 23.7 Å². The van der Waals surface area contributed by atoms with Crippen LogP contribution in [-0.2, 0) is 17.3 Å². The van der Waals surface area contributed by atoms with Gasteiger partial charge in [0.2, 0.25) is 0 Å². The largest absolute Gasteiger partial charge is 0.447 e. The van der Waals surface area contributed by atoms with E-state index in [1.807, 2.05) is 24.3 Å². The molecule has 0 saturated carbocycles. The van der Waals surface area contributed by atoms with Gasteiger partial charge in [-0.1, -0.05) is 30.3 Å². The maximum atomic E-state index is 12.8. The molecular formula is C18H14F3NO2. The van der Waals surface area contributed by atoms with Crippen molar-refractivity contribution in [2.75, 3.05) is 11.5 Å². The van der Waals surface area contributed by atoms with E-state index < -0.39 is 17.8 Å². The zero-order valence-electron chi connectivity index (χ0n) is 12.6. The number of nitrogens with zero attached hydrogens (tertiary/aromatic N) is 1. The summed E-state index contributed by atoms with van der Waals surface area (Å²) in [6.07, 6.45) is -4.08. The molecule has 3 nitrogen and oxygen atoms in total. The normalized spacial score (nSPS) is 22.8. The number of fused-ring (bicyclic) bond motifs is 3. The number of benzene rings is 2. The minimum absolute atomic E-state index is 0.0892. The average molecular weight is 333 g/mol. The number of carbonyl (C=O) groups is 1. The summed E-state index contributed by atoms with van der Waals surface area (Å²) in [5.41, 5.74) is 1.94. The van der Waals surface area contributed by atoms with Crippen molar-refractivity contribution in [3.63, 3.8) is 0 Å². The maximum absolute atomic E-state index is 12.8. The van der Waals surface area contributed by atoms with Crippen LogP contribution >= 0.6 is 0 Å². The van der Waals surface area contributed by atoms with Gasteiger partial charge in [0, 0.05) is 5.92 Å². The Morgan fingerprint density at radius 3 is 2.46 bits per heavy atom. The molecule has 124 valence electrons. The molecule has 4 rings (SSSR count). The SMILES string of the molecule is O=C1OC[C@@H]2[C@@H](c3ccc(C(F)(F)F)cc3)Cc3ccccc3N12. The molecule has 0 unspecified atom stereocenters. The highest BCUT2D eigenvalue weighted by molar-refractivity contribution is 5.92. The summed E-state index contributed by atoms with van der Waals surface area (Å²) in [6.45, 7) is 0.249. The third-order valence-electron chi connectivity index (χ3n) is 4.73. The Hall–Kier alpha value is -2.50. The van der Waals surface area contributed by atoms with Crippen LogP contribution in [0.25, 0.3) is 0 Å². The van der Waals surface area contributed by atoms with Crippen LogP contribution in [0.2, 0.25) is 0 Å². The molecule has 2 aliphatic rings. The van der Waals surface area contributed by atoms with E-state index in [2.05, 4.69) is 0 Å². The molecule has 24 heavy (non-hydrogen) atoms. The van der Waals surface area contributed by atoms with E-state index in [0.717, 1.165) is 28.9 Å². The molecule has 0 N–H and O–H groups in total. The summed E-state index contributed by atoms with van der Waals surface area (Å²) in [4.78, 5) is 13.7. The molecule has 2 aliphatic heterocycles. The predicted octanol–water partition coefficient (Wildman–Crippen LogP) is 4.37. The van der Waals surface area contributed by atoms with Crippen LogP contribution in [0.1, 0.15) is 22.6 Å². The molecule has 2 aromatic rings. The monoisotopic (exact) mass is 333 g/mol. The van der Waals surface area contributed by atoms with Gasteiger partial charge in [-0.05, 0) is 35.7 Å². The summed E-state index contributed by atoms with van der Waals surface area (Å²) in [5.74, 6) is -0.0892. The summed E-state index contributed by atoms with van der Waals surface area (Å²) in [5, 5.41) is 0. The number of hydrogen-bond donors (Lipinski definition) is 0. The minimum atomic E-state index is -4.35. The van der Waals surface area contributed by atoms with E-state index in [4.69, 9.17) is 4.74 Å². The van der Waals surface area contributed by atoms with Gasteiger partial charge < -0.3 is 4.74 Å². The lowest BCUT2D eigenvalue weighted by atomic mass is 9.81. The van der Waals surface area contributed by atoms with Crippen LogP contribution in [0, 0.1) is 0 Å². The number of ether oxygens (including phenoxy) is 1. The maximum Gasteiger partial charge on any atom is 0.416 e. The number of amides is 1. The highest BCUT2D eigenvalue weighted by Crippen LogP contribution is 2.42. The van der Waals surface area contributed by atoms with Gasteiger partial charge in [-0.2, -0.15) is 13.2 Å². The second-order valence-corrected chi connectivity index (χ2v) is 6.07. The third-order valence-corrected chi connectivity index (χ3v) is 4.73. The van der Waals surface area contributed by atoms with E-state index in [1.54, 1.807) is 4.90 Å². The van der Waals surface area contributed by atoms with E-state index >= 15 is 0 Å². The summed E-state index contributed by atoms with van der Waals surface area (Å²) < 4.78 is 43.5. The Bertz CT molecular complexity index is 786. The lowest BCUT2D eigenvalue weighted by Crippen LogP contribution is -2.42. The predicted molar refractivity (Wildman–Crippen MR) is 81.9 cm³/mol. The number of rotatable bonds is 1. The van der Waals surface area contributed by atoms with Gasteiger partial charge in [0.05, 0.1) is 17.3 Å². The lowest BCUT2D eigenvalue weighted by Gasteiger charge is -2.36. The van der Waals surface area contributed by atoms with Gasteiger partial charge in [0.15, 0.2) is 0 Å². The number of carbonyl (C=O) groups excluding carboxylic acids is 1. The van der Waals surface area contributed by atoms with Crippen LogP contribution < -0.4 is 4.90 Å². The Morgan fingerprint density at radius 2 is 1.75 bits per heavy atom. The number of anilines is 1. The molecule has 1 amide bonds. The second kappa shape index (κ2) is 5.26. The highest BCUT2D eigenvalue weighted by atomic mass is 19.4. The zero-order valence-corrected chi connectivity index (χ0v) is 12.6. The fourth-order valence-corrected chi connectivity index (χ4v) is 3.56. The first-order chi connectivity index (χ1) is 11.4. The molecule has 0 bridgehead atoms. The number of alkyl halides is 3. The third kappa shape index (κ3) is 2.33. The Balaban J connectivity index is 1.73. The Kier molecular flexibility index (Phi) is 3.30. The van der Waals surface area contributed by atoms with Crippen molar-refractivity contribution in [1.29, 1.82) is 0 Å². The topological polar surface area (TPSA) is 29.5 Å². The zero-order chi connectivity index (χ0) is 16.9. The van der Waals surface area contributed by atoms with Crippen LogP contribution in [0.3, 0.4) is 0 Å². The van der Waals surface area contributed by atoms with Crippen LogP contribution in [0.5, 0.6) is 0 Å². The van der Waals surface area contributed by atoms with Gasteiger partial charge in [-0.3, -0.25) is 4.90 Å². The molecule has 6 heteroatoms. The van der Waals surface area contributed by atoms with Crippen molar-refractivity contribution in [2.24, 2.45) is 0 Å². The molecule has 0 spiro atoms. The molecule has 0 aliphatic carbocycles. The molecule has 2 atom stereocenters. The first kappa shape index (κ1) is 15.1. The number of halogens is 3. The van der Waals surface area contributed by atoms with Crippen molar-refractivity contribution in [2.45, 2.75) is 24.6 Å². The van der Waals surface area contributed by atoms with Crippen molar-refractivity contribution >= 4 is 11.8 Å². The van der Waals surface area contributed by atoms with E-state index in [0.29, 0.717) is 6.42 Å². The van der Waals surface area contributed by atoms with E-state index in [1.165, 1.54) is 12.1 Å². The molecule has 0 radical (unpaired) electrons. The fourth-order valence-electron chi connectivity index (χ4n) is 3.56. The Labute approximate surface area is 136 Å². The first-order valence-electron chi connectivity index (χ1n) is 7.66. The molecule has 2 heterocycles. The van der Waals surface area contributed by atoms with Gasteiger partial charge in [0.1, 0.15) is 6.61 Å². The van der Waals surface area contributed by atoms with E-state index in [9.17, 15) is 18.0 Å². The van der Waals surface area contributed by atoms with Crippen LogP contribution in [0.15, 0.2) is 48.5 Å². The lowest BCUT2D eigenvalue weighted by molar-refractivity contribution is -0.137. The minimum Gasteiger partial charge on any atom is -0.447 e. The number of para-hydroxylation sites is 1. The molecule has 1 fully saturated rings. The van der Waals surface area contributed by atoms with Crippen molar-refractivity contribution in [3.05, 3.63) is 65.2 Å². The van der Waals surface area contributed by atoms with Crippen molar-refractivity contribution in [1.82, 2.24) is 0 Å². The second-order valence-electron chi connectivity index (χ2n) is 6.07. The number of cyclic esters (lactones) is 1. The highest BCUT2D eigenvalue weighted by Gasteiger charge is 2.44. The van der Waals surface area contributed by atoms with Gasteiger partial charge in [-0.15, -0.1) is 0 Å². The van der Waals surface area contributed by atoms with E-state index in [-0.39, 0.29) is 18.6 Å². The quantitative estimate of drug-likeness (QED) is 0.775. The van der Waals surface area contributed by atoms with Gasteiger partial charge in [-0.25, -0.2) is 4.79 Å².